The molecule has 1 heterocycles. The van der Waals surface area contributed by atoms with Gasteiger partial charge < -0.3 is 10.1 Å². The molecule has 16 heavy (non-hydrogen) atoms. The maximum absolute atomic E-state index is 11.2. The number of fused-ring (bicyclic) bond motifs is 1. The number of halogens is 1. The number of ether oxygens (including phenoxy) is 1. The van der Waals surface area contributed by atoms with E-state index in [1.54, 1.807) is 0 Å². The fourth-order valence-electron chi connectivity index (χ4n) is 1.99. The van der Waals surface area contributed by atoms with E-state index in [0.29, 0.717) is 12.3 Å². The predicted octanol–water partition coefficient (Wildman–Crippen LogP) is 2.60. The van der Waals surface area contributed by atoms with Gasteiger partial charge in [0, 0.05) is 16.7 Å². The van der Waals surface area contributed by atoms with Crippen molar-refractivity contribution in [3.8, 4) is 0 Å². The van der Waals surface area contributed by atoms with Gasteiger partial charge >= 0.3 is 5.97 Å². The number of esters is 1. The van der Waals surface area contributed by atoms with Crippen molar-refractivity contribution in [2.75, 3.05) is 19.0 Å². The fourth-order valence-corrected chi connectivity index (χ4v) is 2.35. The van der Waals surface area contributed by atoms with Crippen molar-refractivity contribution in [1.29, 1.82) is 0 Å². The van der Waals surface area contributed by atoms with Crippen molar-refractivity contribution < 1.29 is 9.53 Å². The molecule has 0 fully saturated rings. The molecule has 1 N–H and O–H groups in total. The van der Waals surface area contributed by atoms with Crippen LogP contribution in [0.15, 0.2) is 22.7 Å². The summed E-state index contributed by atoms with van der Waals surface area (Å²) in [5.41, 5.74) is 2.43. The lowest BCUT2D eigenvalue weighted by Crippen LogP contribution is -2.25. The van der Waals surface area contributed by atoms with Crippen molar-refractivity contribution in [2.24, 2.45) is 5.92 Å². The Labute approximate surface area is 103 Å². The highest BCUT2D eigenvalue weighted by Gasteiger charge is 2.20. The maximum atomic E-state index is 11.2. The third kappa shape index (κ3) is 2.55. The molecular weight excluding hydrogens is 270 g/mol. The second-order valence-electron chi connectivity index (χ2n) is 4.03. The number of methoxy groups -OCH3 is 1. The highest BCUT2D eigenvalue weighted by molar-refractivity contribution is 9.10. The van der Waals surface area contributed by atoms with Crippen LogP contribution in [0.25, 0.3) is 0 Å². The van der Waals surface area contributed by atoms with Crippen LogP contribution in [-0.2, 0) is 16.0 Å². The molecular formula is C12H14BrNO2. The Balaban J connectivity index is 2.06. The van der Waals surface area contributed by atoms with Crippen molar-refractivity contribution in [3.05, 3.63) is 28.2 Å². The molecule has 0 amide bonds. The molecule has 0 aliphatic carbocycles. The number of rotatable bonds is 2. The van der Waals surface area contributed by atoms with Gasteiger partial charge in [-0.25, -0.2) is 0 Å². The summed E-state index contributed by atoms with van der Waals surface area (Å²) in [6.07, 6.45) is 1.42. The lowest BCUT2D eigenvalue weighted by atomic mass is 9.91. The first-order chi connectivity index (χ1) is 7.69. The average molecular weight is 284 g/mol. The molecule has 1 aromatic carbocycles. The summed E-state index contributed by atoms with van der Waals surface area (Å²) in [6, 6.07) is 6.20. The molecule has 0 radical (unpaired) electrons. The largest absolute Gasteiger partial charge is 0.469 e. The predicted molar refractivity (Wildman–Crippen MR) is 66.5 cm³/mol. The molecule has 1 atom stereocenters. The summed E-state index contributed by atoms with van der Waals surface area (Å²) in [5, 5.41) is 3.35. The molecule has 1 aromatic rings. The monoisotopic (exact) mass is 283 g/mol. The van der Waals surface area contributed by atoms with Crippen molar-refractivity contribution in [3.63, 3.8) is 0 Å². The topological polar surface area (TPSA) is 38.3 Å². The first-order valence-corrected chi connectivity index (χ1v) is 6.07. The van der Waals surface area contributed by atoms with E-state index in [1.807, 2.05) is 6.07 Å². The van der Waals surface area contributed by atoms with Crippen LogP contribution in [0.3, 0.4) is 0 Å². The van der Waals surface area contributed by atoms with Crippen molar-refractivity contribution >= 4 is 27.6 Å². The summed E-state index contributed by atoms with van der Waals surface area (Å²) in [5.74, 6) is 0.202. The normalized spacial score (nSPS) is 18.5. The number of hydrogen-bond donors (Lipinski definition) is 1. The minimum atomic E-state index is -0.132. The van der Waals surface area contributed by atoms with Crippen molar-refractivity contribution in [2.45, 2.75) is 12.8 Å². The maximum Gasteiger partial charge on any atom is 0.305 e. The summed E-state index contributed by atoms with van der Waals surface area (Å²) in [7, 11) is 1.43. The zero-order chi connectivity index (χ0) is 11.5. The van der Waals surface area contributed by atoms with E-state index < -0.39 is 0 Å². The lowest BCUT2D eigenvalue weighted by molar-refractivity contribution is -0.141. The summed E-state index contributed by atoms with van der Waals surface area (Å²) < 4.78 is 5.76. The average Bonchev–Trinajstić information content (AvgIpc) is 2.29. The third-order valence-electron chi connectivity index (χ3n) is 2.84. The van der Waals surface area contributed by atoms with Crippen LogP contribution in [-0.4, -0.2) is 19.6 Å². The van der Waals surface area contributed by atoms with Gasteiger partial charge in [-0.1, -0.05) is 22.0 Å². The molecule has 1 aliphatic heterocycles. The minimum Gasteiger partial charge on any atom is -0.469 e. The molecule has 1 unspecified atom stereocenters. The van der Waals surface area contributed by atoms with Gasteiger partial charge in [-0.05, 0) is 30.0 Å². The first kappa shape index (κ1) is 11.5. The second-order valence-corrected chi connectivity index (χ2v) is 4.95. The van der Waals surface area contributed by atoms with Crippen LogP contribution < -0.4 is 5.32 Å². The van der Waals surface area contributed by atoms with Gasteiger partial charge in [-0.15, -0.1) is 0 Å². The Bertz CT molecular complexity index is 406. The zero-order valence-corrected chi connectivity index (χ0v) is 10.7. The van der Waals surface area contributed by atoms with E-state index in [1.165, 1.54) is 12.7 Å². The molecule has 2 rings (SSSR count). The summed E-state index contributed by atoms with van der Waals surface area (Å²) in [4.78, 5) is 11.2. The molecule has 0 saturated heterocycles. The Morgan fingerprint density at radius 2 is 2.44 bits per heavy atom. The fraction of sp³-hybridized carbons (Fsp3) is 0.417. The lowest BCUT2D eigenvalue weighted by Gasteiger charge is -2.25. The zero-order valence-electron chi connectivity index (χ0n) is 9.13. The quantitative estimate of drug-likeness (QED) is 0.848. The molecule has 3 nitrogen and oxygen atoms in total. The van der Waals surface area contributed by atoms with Crippen molar-refractivity contribution in [1.82, 2.24) is 0 Å². The minimum absolute atomic E-state index is 0.132. The van der Waals surface area contributed by atoms with Gasteiger partial charge in [0.2, 0.25) is 0 Å². The van der Waals surface area contributed by atoms with Crippen LogP contribution in [0.1, 0.15) is 12.0 Å². The molecule has 0 saturated carbocycles. The van der Waals surface area contributed by atoms with Gasteiger partial charge in [0.25, 0.3) is 0 Å². The van der Waals surface area contributed by atoms with Crippen LogP contribution in [0.2, 0.25) is 0 Å². The number of hydrogen-bond acceptors (Lipinski definition) is 3. The second kappa shape index (κ2) is 4.87. The third-order valence-corrected chi connectivity index (χ3v) is 3.34. The molecule has 0 spiro atoms. The summed E-state index contributed by atoms with van der Waals surface area (Å²) in [6.45, 7) is 0.832. The van der Waals surface area contributed by atoms with Gasteiger partial charge in [0.1, 0.15) is 0 Å². The Morgan fingerprint density at radius 3 is 3.19 bits per heavy atom. The van der Waals surface area contributed by atoms with E-state index in [9.17, 15) is 4.79 Å². The van der Waals surface area contributed by atoms with E-state index >= 15 is 0 Å². The summed E-state index contributed by atoms with van der Waals surface area (Å²) >= 11 is 3.44. The Hall–Kier alpha value is -1.03. The number of nitrogens with one attached hydrogen (secondary N) is 1. The number of benzene rings is 1. The SMILES string of the molecule is COC(=O)CC1CNc2cc(Br)ccc2C1. The van der Waals surface area contributed by atoms with Crippen LogP contribution in [0.5, 0.6) is 0 Å². The first-order valence-electron chi connectivity index (χ1n) is 5.28. The Kier molecular flexibility index (Phi) is 3.49. The van der Waals surface area contributed by atoms with E-state index in [0.717, 1.165) is 23.1 Å². The molecule has 1 aliphatic rings. The van der Waals surface area contributed by atoms with Gasteiger partial charge in [-0.2, -0.15) is 0 Å². The molecule has 0 aromatic heterocycles. The smallest absolute Gasteiger partial charge is 0.305 e. The van der Waals surface area contributed by atoms with Gasteiger partial charge in [0.05, 0.1) is 13.5 Å². The van der Waals surface area contributed by atoms with E-state index in [-0.39, 0.29) is 5.97 Å². The van der Waals surface area contributed by atoms with Crippen LogP contribution >= 0.6 is 15.9 Å². The highest BCUT2D eigenvalue weighted by atomic mass is 79.9. The number of carbonyl (C=O) groups is 1. The van der Waals surface area contributed by atoms with Gasteiger partial charge in [-0.3, -0.25) is 4.79 Å². The number of carbonyl (C=O) groups excluding carboxylic acids is 1. The van der Waals surface area contributed by atoms with Gasteiger partial charge in [0.15, 0.2) is 0 Å². The molecule has 0 bridgehead atoms. The van der Waals surface area contributed by atoms with E-state index in [4.69, 9.17) is 0 Å². The highest BCUT2D eigenvalue weighted by Crippen LogP contribution is 2.29. The van der Waals surface area contributed by atoms with E-state index in [2.05, 4.69) is 38.1 Å². The molecule has 4 heteroatoms. The Morgan fingerprint density at radius 1 is 1.62 bits per heavy atom. The van der Waals surface area contributed by atoms with Crippen LogP contribution in [0, 0.1) is 5.92 Å². The molecule has 86 valence electrons. The van der Waals surface area contributed by atoms with Crippen LogP contribution in [0.4, 0.5) is 5.69 Å². The number of anilines is 1. The standard InChI is InChI=1S/C12H14BrNO2/c1-16-12(15)5-8-4-9-2-3-10(13)6-11(9)14-7-8/h2-3,6,8,14H,4-5,7H2,1H3.